The maximum atomic E-state index is 11.4. The molecule has 0 heterocycles. The first-order valence-electron chi connectivity index (χ1n) is 3.73. The highest BCUT2D eigenvalue weighted by atomic mass is 32.2. The normalized spacial score (nSPS) is 11.5. The van der Waals surface area contributed by atoms with Gasteiger partial charge in [-0.15, -0.1) is 0 Å². The molecule has 0 aliphatic rings. The zero-order chi connectivity index (χ0) is 10.1. The summed E-state index contributed by atoms with van der Waals surface area (Å²) >= 11 is 0. The molecule has 13 heavy (non-hydrogen) atoms. The van der Waals surface area contributed by atoms with Gasteiger partial charge in [-0.1, -0.05) is 6.07 Å². The minimum Gasteiger partial charge on any atom is -0.301 e. The fourth-order valence-corrected chi connectivity index (χ4v) is 1.99. The van der Waals surface area contributed by atoms with E-state index in [2.05, 4.69) is 4.72 Å². The lowest BCUT2D eigenvalue weighted by atomic mass is 10.2. The Kier molecular flexibility index (Phi) is 2.58. The van der Waals surface area contributed by atoms with E-state index in [0.29, 0.717) is 5.56 Å². The van der Waals surface area contributed by atoms with Crippen LogP contribution in [0, 0.1) is 6.92 Å². The van der Waals surface area contributed by atoms with E-state index in [1.165, 1.54) is 13.1 Å². The van der Waals surface area contributed by atoms with E-state index in [1.807, 2.05) is 0 Å². The second-order valence-electron chi connectivity index (χ2n) is 2.69. The molecule has 0 atom stereocenters. The Bertz CT molecular complexity index is 412. The Labute approximate surface area is 77.8 Å². The summed E-state index contributed by atoms with van der Waals surface area (Å²) in [6.07, 6.45) is 0. The van der Waals surface area contributed by atoms with Crippen molar-refractivity contribution in [2.75, 3.05) is 7.05 Å². The lowest BCUT2D eigenvalue weighted by Gasteiger charge is -2.06. The van der Waals surface area contributed by atoms with Gasteiger partial charge in [0.1, 0.15) is 0 Å². The highest BCUT2D eigenvalue weighted by Crippen LogP contribution is 2.18. The van der Waals surface area contributed by atoms with Gasteiger partial charge in [0.25, 0.3) is 0 Å². The molecular formula is C8H11N2O2S. The Morgan fingerprint density at radius 2 is 2.00 bits per heavy atom. The molecule has 1 rings (SSSR count). The third-order valence-corrected chi connectivity index (χ3v) is 3.30. The molecule has 0 saturated heterocycles. The van der Waals surface area contributed by atoms with Gasteiger partial charge in [0.05, 0.1) is 10.6 Å². The summed E-state index contributed by atoms with van der Waals surface area (Å²) in [7, 11) is -2.07. The number of sulfonamides is 1. The summed E-state index contributed by atoms with van der Waals surface area (Å²) < 4.78 is 25.0. The highest BCUT2D eigenvalue weighted by Gasteiger charge is 2.14. The number of hydrogen-bond acceptors (Lipinski definition) is 2. The summed E-state index contributed by atoms with van der Waals surface area (Å²) in [5, 5.41) is 0. The number of aryl methyl sites for hydroxylation is 1. The fraction of sp³-hybridized carbons (Fsp3) is 0.250. The Balaban J connectivity index is 3.38. The van der Waals surface area contributed by atoms with Gasteiger partial charge in [0.2, 0.25) is 10.0 Å². The van der Waals surface area contributed by atoms with Crippen molar-refractivity contribution >= 4 is 15.7 Å². The van der Waals surface area contributed by atoms with Crippen LogP contribution in [0.5, 0.6) is 0 Å². The molecule has 4 nitrogen and oxygen atoms in total. The molecule has 0 unspecified atom stereocenters. The molecule has 0 aliphatic carbocycles. The topological polar surface area (TPSA) is 70.0 Å². The van der Waals surface area contributed by atoms with Gasteiger partial charge >= 0.3 is 0 Å². The van der Waals surface area contributed by atoms with Crippen LogP contribution >= 0.6 is 0 Å². The summed E-state index contributed by atoms with van der Waals surface area (Å²) in [5.74, 6) is 0. The van der Waals surface area contributed by atoms with Crippen LogP contribution < -0.4 is 10.5 Å². The van der Waals surface area contributed by atoms with Crippen molar-refractivity contribution in [2.24, 2.45) is 0 Å². The molecule has 0 aromatic heterocycles. The fourth-order valence-electron chi connectivity index (χ4n) is 1.000. The lowest BCUT2D eigenvalue weighted by molar-refractivity contribution is 0.587. The van der Waals surface area contributed by atoms with Crippen molar-refractivity contribution in [2.45, 2.75) is 11.8 Å². The minimum absolute atomic E-state index is 0.169. The van der Waals surface area contributed by atoms with Crippen LogP contribution in [-0.4, -0.2) is 15.5 Å². The first-order chi connectivity index (χ1) is 5.97. The van der Waals surface area contributed by atoms with Gasteiger partial charge < -0.3 is 5.73 Å². The van der Waals surface area contributed by atoms with Crippen molar-refractivity contribution < 1.29 is 8.42 Å². The molecule has 0 amide bonds. The largest absolute Gasteiger partial charge is 0.301 e. The van der Waals surface area contributed by atoms with Gasteiger partial charge in [-0.2, -0.15) is 0 Å². The van der Waals surface area contributed by atoms with Crippen LogP contribution in [0.15, 0.2) is 23.1 Å². The molecule has 71 valence electrons. The molecule has 0 aliphatic heterocycles. The van der Waals surface area contributed by atoms with Crippen LogP contribution in [0.2, 0.25) is 0 Å². The van der Waals surface area contributed by atoms with Crippen LogP contribution in [0.4, 0.5) is 5.69 Å². The highest BCUT2D eigenvalue weighted by molar-refractivity contribution is 7.89. The molecule has 1 aromatic carbocycles. The predicted octanol–water partition coefficient (Wildman–Crippen LogP) is 0.818. The van der Waals surface area contributed by atoms with E-state index in [-0.39, 0.29) is 10.6 Å². The van der Waals surface area contributed by atoms with Gasteiger partial charge in [-0.05, 0) is 31.7 Å². The Morgan fingerprint density at radius 3 is 2.54 bits per heavy atom. The molecule has 0 bridgehead atoms. The average molecular weight is 199 g/mol. The summed E-state index contributed by atoms with van der Waals surface area (Å²) in [6.45, 7) is 1.70. The molecule has 0 fully saturated rings. The van der Waals surface area contributed by atoms with Crippen LogP contribution in [0.1, 0.15) is 5.56 Å². The van der Waals surface area contributed by atoms with Crippen molar-refractivity contribution in [3.63, 3.8) is 0 Å². The van der Waals surface area contributed by atoms with Crippen LogP contribution in [0.25, 0.3) is 0 Å². The van der Waals surface area contributed by atoms with Gasteiger partial charge in [0, 0.05) is 0 Å². The molecule has 1 radical (unpaired) electrons. The average Bonchev–Trinajstić information content (AvgIpc) is 2.09. The van der Waals surface area contributed by atoms with Crippen molar-refractivity contribution in [3.8, 4) is 0 Å². The third-order valence-electron chi connectivity index (χ3n) is 1.75. The lowest BCUT2D eigenvalue weighted by Crippen LogP contribution is -2.19. The summed E-state index contributed by atoms with van der Waals surface area (Å²) in [4.78, 5) is 0.169. The molecule has 5 heteroatoms. The van der Waals surface area contributed by atoms with Crippen LogP contribution in [-0.2, 0) is 10.0 Å². The van der Waals surface area contributed by atoms with E-state index in [1.54, 1.807) is 19.1 Å². The second kappa shape index (κ2) is 3.35. The van der Waals surface area contributed by atoms with Crippen molar-refractivity contribution in [3.05, 3.63) is 23.8 Å². The number of rotatable bonds is 2. The monoisotopic (exact) mass is 199 g/mol. The van der Waals surface area contributed by atoms with E-state index in [0.717, 1.165) is 0 Å². The smallest absolute Gasteiger partial charge is 0.240 e. The van der Waals surface area contributed by atoms with E-state index >= 15 is 0 Å². The molecule has 1 aromatic rings. The number of benzene rings is 1. The quantitative estimate of drug-likeness (QED) is 0.766. The SMILES string of the molecule is CNS(=O)(=O)c1cc([NH])ccc1C. The molecular weight excluding hydrogens is 188 g/mol. The first-order valence-corrected chi connectivity index (χ1v) is 5.21. The molecule has 0 saturated carbocycles. The molecule has 0 spiro atoms. The first kappa shape index (κ1) is 10.0. The van der Waals surface area contributed by atoms with Crippen LogP contribution in [0.3, 0.4) is 0 Å². The standard InChI is InChI=1S/C8H11N2O2S/c1-6-3-4-7(9)5-8(6)13(11,12)10-2/h3-5,9-10H,1-2H3. The Morgan fingerprint density at radius 1 is 1.38 bits per heavy atom. The van der Waals surface area contributed by atoms with Crippen molar-refractivity contribution in [1.29, 1.82) is 0 Å². The van der Waals surface area contributed by atoms with E-state index in [9.17, 15) is 8.42 Å². The molecule has 2 N–H and O–H groups in total. The Hall–Kier alpha value is -1.07. The maximum Gasteiger partial charge on any atom is 0.240 e. The zero-order valence-electron chi connectivity index (χ0n) is 7.46. The maximum absolute atomic E-state index is 11.4. The second-order valence-corrected chi connectivity index (χ2v) is 4.54. The van der Waals surface area contributed by atoms with Gasteiger partial charge in [0.15, 0.2) is 0 Å². The zero-order valence-corrected chi connectivity index (χ0v) is 8.27. The van der Waals surface area contributed by atoms with Gasteiger partial charge in [-0.3, -0.25) is 0 Å². The summed E-state index contributed by atoms with van der Waals surface area (Å²) in [5.41, 5.74) is 8.13. The predicted molar refractivity (Wildman–Crippen MR) is 50.2 cm³/mol. The van der Waals surface area contributed by atoms with E-state index in [4.69, 9.17) is 5.73 Å². The third kappa shape index (κ3) is 1.99. The summed E-state index contributed by atoms with van der Waals surface area (Å²) in [6, 6.07) is 4.51. The number of nitrogens with one attached hydrogen (secondary N) is 2. The van der Waals surface area contributed by atoms with E-state index < -0.39 is 10.0 Å². The number of hydrogen-bond donors (Lipinski definition) is 1. The minimum atomic E-state index is -3.42. The van der Waals surface area contributed by atoms with Gasteiger partial charge in [-0.25, -0.2) is 13.1 Å². The van der Waals surface area contributed by atoms with Crippen molar-refractivity contribution in [1.82, 2.24) is 10.5 Å².